The van der Waals surface area contributed by atoms with Crippen LogP contribution in [-0.4, -0.2) is 14.0 Å². The Morgan fingerprint density at radius 3 is 2.03 bits per heavy atom. The quantitative estimate of drug-likeness (QED) is 0.132. The van der Waals surface area contributed by atoms with Gasteiger partial charge in [-0.15, -0.1) is 0 Å². The number of hydrogen-bond acceptors (Lipinski definition) is 3. The van der Waals surface area contributed by atoms with Gasteiger partial charge in [-0.1, -0.05) is 108 Å². The second kappa shape index (κ2) is 15.2. The van der Waals surface area contributed by atoms with Crippen LogP contribution in [0.2, 0.25) is 18.1 Å². The molecule has 1 aromatic carbocycles. The number of carbonyl (C=O) groups excluding carboxylic acids is 1. The summed E-state index contributed by atoms with van der Waals surface area (Å²) in [5.74, 6) is -0.205. The van der Waals surface area contributed by atoms with Crippen molar-refractivity contribution in [3.05, 3.63) is 53.8 Å². The molecule has 0 radical (unpaired) electrons. The Morgan fingerprint density at radius 2 is 1.45 bits per heavy atom. The highest BCUT2D eigenvalue weighted by atomic mass is 28.3. The summed E-state index contributed by atoms with van der Waals surface area (Å²) in [6, 6.07) is 16.6. The van der Waals surface area contributed by atoms with E-state index < -0.39 is 8.07 Å². The van der Waals surface area contributed by atoms with E-state index in [2.05, 4.69) is 57.2 Å². The number of carbonyl (C=O) groups is 1. The fourth-order valence-corrected chi connectivity index (χ4v) is 8.26. The molecule has 0 aliphatic heterocycles. The minimum atomic E-state index is -1.55. The van der Waals surface area contributed by atoms with Gasteiger partial charge in [0.05, 0.1) is 11.6 Å². The number of rotatable bonds is 17. The molecule has 3 nitrogen and oxygen atoms in total. The lowest BCUT2D eigenvalue weighted by Gasteiger charge is -2.24. The van der Waals surface area contributed by atoms with E-state index in [1.54, 1.807) is 0 Å². The average Bonchev–Trinajstić information content (AvgIpc) is 3.32. The zero-order valence-corrected chi connectivity index (χ0v) is 22.5. The van der Waals surface area contributed by atoms with Crippen LogP contribution in [-0.2, 0) is 16.0 Å². The zero-order chi connectivity index (χ0) is 23.9. The molecule has 0 saturated carbocycles. The lowest BCUT2D eigenvalue weighted by molar-refractivity contribution is -0.147. The van der Waals surface area contributed by atoms with Gasteiger partial charge in [-0.25, -0.2) is 0 Å². The Hall–Kier alpha value is -1.81. The van der Waals surface area contributed by atoms with Crippen molar-refractivity contribution in [3.8, 4) is 0 Å². The predicted octanol–water partition coefficient (Wildman–Crippen LogP) is 8.35. The number of hydrogen-bond donors (Lipinski definition) is 0. The molecule has 0 aliphatic carbocycles. The molecule has 0 aliphatic rings. The van der Waals surface area contributed by atoms with E-state index in [4.69, 9.17) is 9.15 Å². The van der Waals surface area contributed by atoms with E-state index in [0.717, 1.165) is 18.4 Å². The lowest BCUT2D eigenvalue weighted by atomic mass is 10.0. The summed E-state index contributed by atoms with van der Waals surface area (Å²) in [4.78, 5) is 11.7. The molecule has 0 N–H and O–H groups in total. The van der Waals surface area contributed by atoms with E-state index in [0.29, 0.717) is 0 Å². The van der Waals surface area contributed by atoms with E-state index in [1.807, 2.05) is 6.26 Å². The molecule has 33 heavy (non-hydrogen) atoms. The minimum Gasteiger partial charge on any atom is -0.474 e. The topological polar surface area (TPSA) is 39.4 Å². The van der Waals surface area contributed by atoms with Crippen molar-refractivity contribution in [3.63, 3.8) is 0 Å². The Kier molecular flexibility index (Phi) is 12.6. The van der Waals surface area contributed by atoms with Gasteiger partial charge in [0.25, 0.3) is 0 Å². The molecule has 4 heteroatoms. The standard InChI is InChI=1S/C29H46O3Si/c1-5-33(6-2,7-3)29-23-27(24-31-29)28(32-25(4)30)22-18-13-11-9-8-10-12-15-19-26-20-16-14-17-21-26/h14,16-17,20-21,23-24,28H,5-13,15,18-19,22H2,1-4H3. The molecular weight excluding hydrogens is 424 g/mol. The smallest absolute Gasteiger partial charge is 0.303 e. The minimum absolute atomic E-state index is 0.171. The summed E-state index contributed by atoms with van der Waals surface area (Å²) in [7, 11) is -1.55. The van der Waals surface area contributed by atoms with Gasteiger partial charge in [-0.05, 0) is 37.3 Å². The molecule has 184 valence electrons. The first kappa shape index (κ1) is 27.4. The number of benzene rings is 1. The summed E-state index contributed by atoms with van der Waals surface area (Å²) in [5, 5.41) is 1.18. The van der Waals surface area contributed by atoms with Crippen molar-refractivity contribution in [2.24, 2.45) is 0 Å². The summed E-state index contributed by atoms with van der Waals surface area (Å²) >= 11 is 0. The van der Waals surface area contributed by atoms with Crippen LogP contribution in [0.3, 0.4) is 0 Å². The highest BCUT2D eigenvalue weighted by molar-refractivity contribution is 6.90. The van der Waals surface area contributed by atoms with Crippen LogP contribution in [0.5, 0.6) is 0 Å². The van der Waals surface area contributed by atoms with E-state index in [1.165, 1.54) is 87.4 Å². The van der Waals surface area contributed by atoms with Gasteiger partial charge >= 0.3 is 5.97 Å². The molecule has 0 fully saturated rings. The van der Waals surface area contributed by atoms with Crippen LogP contribution in [0.15, 0.2) is 47.1 Å². The maximum atomic E-state index is 11.7. The molecule has 0 amide bonds. The van der Waals surface area contributed by atoms with Crippen molar-refractivity contribution >= 4 is 19.4 Å². The van der Waals surface area contributed by atoms with Crippen molar-refractivity contribution < 1.29 is 13.9 Å². The number of aryl methyl sites for hydroxylation is 1. The molecule has 2 aromatic rings. The zero-order valence-electron chi connectivity index (χ0n) is 21.5. The number of ether oxygens (including phenoxy) is 1. The van der Waals surface area contributed by atoms with Crippen molar-refractivity contribution in [1.82, 2.24) is 0 Å². The van der Waals surface area contributed by atoms with Crippen LogP contribution in [0, 0.1) is 0 Å². The van der Waals surface area contributed by atoms with Gasteiger partial charge < -0.3 is 9.15 Å². The summed E-state index contributed by atoms with van der Waals surface area (Å²) in [5.41, 5.74) is 2.50. The van der Waals surface area contributed by atoms with Gasteiger partial charge in [-0.2, -0.15) is 0 Å². The molecule has 0 spiro atoms. The summed E-state index contributed by atoms with van der Waals surface area (Å²) < 4.78 is 11.7. The highest BCUT2D eigenvalue weighted by Crippen LogP contribution is 2.28. The Bertz CT molecular complexity index is 771. The molecule has 0 bridgehead atoms. The van der Waals surface area contributed by atoms with Gasteiger partial charge in [0.15, 0.2) is 0 Å². The predicted molar refractivity (Wildman–Crippen MR) is 142 cm³/mol. The third-order valence-electron chi connectivity index (χ3n) is 7.38. The molecule has 1 heterocycles. The molecular formula is C29H46O3Si. The van der Waals surface area contributed by atoms with E-state index >= 15 is 0 Å². The van der Waals surface area contributed by atoms with Crippen LogP contribution in [0.1, 0.15) is 103 Å². The second-order valence-electron chi connectivity index (χ2n) is 9.54. The van der Waals surface area contributed by atoms with Crippen LogP contribution in [0.25, 0.3) is 0 Å². The Labute approximate surface area is 203 Å². The summed E-state index contributed by atoms with van der Waals surface area (Å²) in [6.07, 6.45) is 13.9. The Morgan fingerprint density at radius 1 is 0.879 bits per heavy atom. The first-order valence-corrected chi connectivity index (χ1v) is 16.0. The van der Waals surface area contributed by atoms with Gasteiger partial charge in [-0.3, -0.25) is 4.79 Å². The first-order valence-electron chi connectivity index (χ1n) is 13.3. The highest BCUT2D eigenvalue weighted by Gasteiger charge is 2.33. The van der Waals surface area contributed by atoms with Crippen molar-refractivity contribution in [2.75, 3.05) is 0 Å². The third kappa shape index (κ3) is 9.15. The summed E-state index contributed by atoms with van der Waals surface area (Å²) in [6.45, 7) is 8.37. The largest absolute Gasteiger partial charge is 0.474 e. The normalized spacial score (nSPS) is 12.6. The van der Waals surface area contributed by atoms with E-state index in [9.17, 15) is 4.79 Å². The average molecular weight is 471 g/mol. The van der Waals surface area contributed by atoms with Gasteiger partial charge in [0, 0.05) is 12.5 Å². The first-order chi connectivity index (χ1) is 16.0. The second-order valence-corrected chi connectivity index (χ2v) is 14.7. The number of esters is 1. The van der Waals surface area contributed by atoms with Crippen LogP contribution >= 0.6 is 0 Å². The Balaban J connectivity index is 1.68. The molecule has 2 rings (SSSR count). The van der Waals surface area contributed by atoms with Gasteiger partial charge in [0.1, 0.15) is 14.2 Å². The molecule has 1 atom stereocenters. The van der Waals surface area contributed by atoms with Crippen LogP contribution in [0.4, 0.5) is 0 Å². The fraction of sp³-hybridized carbons (Fsp3) is 0.621. The van der Waals surface area contributed by atoms with E-state index in [-0.39, 0.29) is 12.1 Å². The fourth-order valence-electron chi connectivity index (χ4n) is 4.93. The maximum Gasteiger partial charge on any atom is 0.303 e. The van der Waals surface area contributed by atoms with Crippen molar-refractivity contribution in [2.45, 2.75) is 116 Å². The van der Waals surface area contributed by atoms with Gasteiger partial charge in [0.2, 0.25) is 0 Å². The van der Waals surface area contributed by atoms with Crippen LogP contribution < -0.4 is 5.38 Å². The lowest BCUT2D eigenvalue weighted by Crippen LogP contribution is -2.44. The number of unbranched alkanes of at least 4 members (excludes halogenated alkanes) is 7. The molecule has 0 saturated heterocycles. The molecule has 1 aromatic heterocycles. The molecule has 1 unspecified atom stereocenters. The number of furan rings is 1. The maximum absolute atomic E-state index is 11.7. The van der Waals surface area contributed by atoms with Crippen molar-refractivity contribution in [1.29, 1.82) is 0 Å². The third-order valence-corrected chi connectivity index (χ3v) is 12.7. The monoisotopic (exact) mass is 470 g/mol. The SMILES string of the molecule is CC[Si](CC)(CC)c1cc(C(CCCCCCCCCCc2ccccc2)OC(C)=O)co1.